The van der Waals surface area contributed by atoms with Gasteiger partial charge in [0.1, 0.15) is 5.82 Å². The molecule has 172 valence electrons. The number of hydrogen-bond donors (Lipinski definition) is 2. The molecule has 3 rings (SSSR count). The monoisotopic (exact) mass is 462 g/mol. The Morgan fingerprint density at radius 2 is 1.66 bits per heavy atom. The maximum absolute atomic E-state index is 9.55. The van der Waals surface area contributed by atoms with E-state index in [2.05, 4.69) is 19.9 Å². The fourth-order valence-corrected chi connectivity index (χ4v) is 3.15. The van der Waals surface area contributed by atoms with E-state index in [1.54, 1.807) is 0 Å². The van der Waals surface area contributed by atoms with Gasteiger partial charge < -0.3 is 19.8 Å². The number of ether oxygens (including phenoxy) is 1. The van der Waals surface area contributed by atoms with Crippen molar-refractivity contribution in [3.63, 3.8) is 0 Å². The van der Waals surface area contributed by atoms with Crippen LogP contribution in [0.2, 0.25) is 5.02 Å². The molecule has 2 aromatic rings. The van der Waals surface area contributed by atoms with Crippen molar-refractivity contribution >= 4 is 23.5 Å². The van der Waals surface area contributed by atoms with E-state index in [-0.39, 0.29) is 0 Å². The zero-order chi connectivity index (χ0) is 23.3. The topological polar surface area (TPSA) is 126 Å². The van der Waals surface area contributed by atoms with E-state index < -0.39 is 11.9 Å². The number of halogens is 1. The number of aliphatic carboxylic acids is 2. The van der Waals surface area contributed by atoms with Gasteiger partial charge in [-0.15, -0.1) is 0 Å². The molecule has 0 atom stereocenters. The van der Waals surface area contributed by atoms with E-state index in [1.165, 1.54) is 32.4 Å². The Morgan fingerprint density at radius 1 is 1.03 bits per heavy atom. The summed E-state index contributed by atoms with van der Waals surface area (Å²) in [6, 6.07) is 7.85. The molecule has 1 fully saturated rings. The van der Waals surface area contributed by atoms with Crippen molar-refractivity contribution in [2.45, 2.75) is 32.6 Å². The molecule has 0 saturated carbocycles. The third kappa shape index (κ3) is 9.84. The van der Waals surface area contributed by atoms with Crippen LogP contribution in [0, 0.1) is 6.92 Å². The number of carbonyl (C=O) groups is 2. The fraction of sp³-hybridized carbons (Fsp3) is 0.409. The predicted molar refractivity (Wildman–Crippen MR) is 120 cm³/mol. The summed E-state index contributed by atoms with van der Waals surface area (Å²) >= 11 is 5.93. The van der Waals surface area contributed by atoms with E-state index in [1.807, 2.05) is 31.2 Å². The van der Waals surface area contributed by atoms with Gasteiger partial charge in [0.05, 0.1) is 6.61 Å². The lowest BCUT2D eigenvalue weighted by Crippen LogP contribution is -2.31. The molecule has 9 nitrogen and oxygen atoms in total. The van der Waals surface area contributed by atoms with Gasteiger partial charge >= 0.3 is 17.9 Å². The summed E-state index contributed by atoms with van der Waals surface area (Å²) in [7, 11) is 0. The van der Waals surface area contributed by atoms with Crippen molar-refractivity contribution in [1.82, 2.24) is 19.9 Å². The van der Waals surface area contributed by atoms with Crippen LogP contribution in [0.4, 0.5) is 0 Å². The molecule has 1 aliphatic rings. The summed E-state index contributed by atoms with van der Waals surface area (Å²) in [4.78, 5) is 34.7. The Balaban J connectivity index is 0.000000390. The van der Waals surface area contributed by atoms with E-state index >= 15 is 0 Å². The van der Waals surface area contributed by atoms with Gasteiger partial charge in [-0.25, -0.2) is 14.6 Å². The first-order chi connectivity index (χ1) is 15.3. The second-order valence-electron chi connectivity index (χ2n) is 7.11. The molecule has 1 aliphatic heterocycles. The number of aryl methyl sites for hydroxylation is 1. The second kappa shape index (κ2) is 13.4. The van der Waals surface area contributed by atoms with Crippen LogP contribution in [0.1, 0.15) is 31.5 Å². The predicted octanol–water partition coefficient (Wildman–Crippen LogP) is 3.47. The molecule has 0 spiro atoms. The van der Waals surface area contributed by atoms with Crippen LogP contribution in [-0.4, -0.2) is 68.2 Å². The average molecular weight is 463 g/mol. The number of carboxylic acids is 2. The smallest absolute Gasteiger partial charge is 0.328 e. The molecule has 1 aromatic heterocycles. The van der Waals surface area contributed by atoms with Crippen LogP contribution in [-0.2, 0) is 9.59 Å². The Labute approximate surface area is 191 Å². The van der Waals surface area contributed by atoms with Crippen molar-refractivity contribution in [2.75, 3.05) is 26.2 Å². The van der Waals surface area contributed by atoms with Gasteiger partial charge in [-0.05, 0) is 63.5 Å². The fourth-order valence-electron chi connectivity index (χ4n) is 3.03. The van der Waals surface area contributed by atoms with Crippen LogP contribution in [0.5, 0.6) is 6.01 Å². The Bertz CT molecular complexity index is 899. The van der Waals surface area contributed by atoms with E-state index in [0.29, 0.717) is 41.4 Å². The third-order valence-corrected chi connectivity index (χ3v) is 4.75. The van der Waals surface area contributed by atoms with Crippen molar-refractivity contribution in [2.24, 2.45) is 0 Å². The average Bonchev–Trinajstić information content (AvgIpc) is 2.77. The quantitative estimate of drug-likeness (QED) is 0.447. The maximum atomic E-state index is 9.55. The van der Waals surface area contributed by atoms with Gasteiger partial charge in [0.25, 0.3) is 0 Å². The Hall–Kier alpha value is -3.04. The molecule has 0 bridgehead atoms. The lowest BCUT2D eigenvalue weighted by atomic mass is 10.1. The summed E-state index contributed by atoms with van der Waals surface area (Å²) in [5.41, 5.74) is 0.906. The van der Waals surface area contributed by atoms with Crippen LogP contribution < -0.4 is 4.74 Å². The number of piperidine rings is 1. The number of rotatable bonds is 8. The van der Waals surface area contributed by atoms with Gasteiger partial charge in [-0.3, -0.25) is 0 Å². The molecule has 1 aromatic carbocycles. The number of aromatic nitrogens is 3. The van der Waals surface area contributed by atoms with Gasteiger partial charge in [-0.2, -0.15) is 9.97 Å². The number of likely N-dealkylation sites (tertiary alicyclic amines) is 1. The summed E-state index contributed by atoms with van der Waals surface area (Å²) < 4.78 is 5.75. The number of nitrogens with zero attached hydrogens (tertiary/aromatic N) is 4. The molecule has 0 radical (unpaired) electrons. The first kappa shape index (κ1) is 25.2. The highest BCUT2D eigenvalue weighted by molar-refractivity contribution is 6.30. The molecule has 2 N–H and O–H groups in total. The Morgan fingerprint density at radius 3 is 2.25 bits per heavy atom. The lowest BCUT2D eigenvalue weighted by molar-refractivity contribution is -0.134. The van der Waals surface area contributed by atoms with Crippen molar-refractivity contribution < 1.29 is 24.5 Å². The normalized spacial score (nSPS) is 13.9. The summed E-state index contributed by atoms with van der Waals surface area (Å²) in [6.45, 7) is 5.98. The number of benzene rings is 1. The molecule has 2 heterocycles. The largest absolute Gasteiger partial charge is 0.478 e. The van der Waals surface area contributed by atoms with Crippen LogP contribution in [0.3, 0.4) is 0 Å². The zero-order valence-electron chi connectivity index (χ0n) is 17.9. The highest BCUT2D eigenvalue weighted by Gasteiger charge is 2.10. The van der Waals surface area contributed by atoms with Gasteiger partial charge in [0.15, 0.2) is 5.82 Å². The minimum Gasteiger partial charge on any atom is -0.478 e. The lowest BCUT2D eigenvalue weighted by Gasteiger charge is -2.26. The van der Waals surface area contributed by atoms with Crippen molar-refractivity contribution in [3.8, 4) is 17.4 Å². The van der Waals surface area contributed by atoms with Crippen molar-refractivity contribution in [1.29, 1.82) is 0 Å². The highest BCUT2D eigenvalue weighted by Crippen LogP contribution is 2.19. The minimum absolute atomic E-state index is 0.395. The van der Waals surface area contributed by atoms with Gasteiger partial charge in [0.2, 0.25) is 0 Å². The van der Waals surface area contributed by atoms with Crippen LogP contribution >= 0.6 is 11.6 Å². The van der Waals surface area contributed by atoms with Crippen LogP contribution in [0.25, 0.3) is 11.4 Å². The molecule has 32 heavy (non-hydrogen) atoms. The molecule has 0 aliphatic carbocycles. The molecular weight excluding hydrogens is 436 g/mol. The summed E-state index contributed by atoms with van der Waals surface area (Å²) in [6.07, 6.45) is 6.10. The van der Waals surface area contributed by atoms with Crippen LogP contribution in [0.15, 0.2) is 36.4 Å². The third-order valence-electron chi connectivity index (χ3n) is 4.50. The minimum atomic E-state index is -1.26. The number of hydrogen-bond acceptors (Lipinski definition) is 7. The van der Waals surface area contributed by atoms with Gasteiger partial charge in [0, 0.05) is 29.3 Å². The first-order valence-corrected chi connectivity index (χ1v) is 10.7. The standard InChI is InChI=1S/C18H23ClN4O.C4H4O4/c1-14-20-17(15-6-8-16(19)9-7-15)22-18(21-14)24-13-5-12-23-10-3-2-4-11-23;5-3(6)1-2-4(7)8/h6-9H,2-5,10-13H2,1H3;1-2H,(H,5,6)(H,7,8). The summed E-state index contributed by atoms with van der Waals surface area (Å²) in [5, 5.41) is 16.3. The zero-order valence-corrected chi connectivity index (χ0v) is 18.7. The maximum Gasteiger partial charge on any atom is 0.328 e. The molecule has 0 amide bonds. The van der Waals surface area contributed by atoms with Gasteiger partial charge in [-0.1, -0.05) is 18.0 Å². The Kier molecular flexibility index (Phi) is 10.6. The van der Waals surface area contributed by atoms with Crippen molar-refractivity contribution in [3.05, 3.63) is 47.3 Å². The SMILES string of the molecule is Cc1nc(OCCCN2CCCCC2)nc(-c2ccc(Cl)cc2)n1.O=C(O)C=CC(=O)O. The number of carboxylic acid groups (broad SMARTS) is 2. The first-order valence-electron chi connectivity index (χ1n) is 10.3. The van der Waals surface area contributed by atoms with E-state index in [9.17, 15) is 9.59 Å². The van der Waals surface area contributed by atoms with E-state index in [4.69, 9.17) is 26.6 Å². The van der Waals surface area contributed by atoms with E-state index in [0.717, 1.165) is 18.5 Å². The highest BCUT2D eigenvalue weighted by atomic mass is 35.5. The molecular formula is C22H27ClN4O5. The second-order valence-corrected chi connectivity index (χ2v) is 7.55. The molecule has 1 saturated heterocycles. The molecule has 10 heteroatoms. The summed E-state index contributed by atoms with van der Waals surface area (Å²) in [5.74, 6) is -1.24. The molecule has 0 unspecified atom stereocenters.